The number of aliphatic hydroxyl groups is 1. The maximum absolute atomic E-state index is 10.6. The van der Waals surface area contributed by atoms with Gasteiger partial charge in [-0.3, -0.25) is 4.79 Å². The quantitative estimate of drug-likeness (QED) is 0.552. The molecule has 1 amide bonds. The van der Waals surface area contributed by atoms with E-state index >= 15 is 0 Å². The highest BCUT2D eigenvalue weighted by Crippen LogP contribution is 2.25. The van der Waals surface area contributed by atoms with E-state index in [2.05, 4.69) is 5.32 Å². The molecule has 0 spiro atoms. The molecule has 1 aliphatic carbocycles. The standard InChI is InChI=1S/C8H15NO2/c1-7(10)9-8(11)5-3-2-4-6-8/h11H,2-6H2,1H3,(H,9,10). The highest BCUT2D eigenvalue weighted by Gasteiger charge is 2.29. The molecule has 0 aromatic heterocycles. The molecule has 2 N–H and O–H groups in total. The molecule has 1 rings (SSSR count). The molecule has 0 heterocycles. The molecule has 0 saturated heterocycles. The minimum atomic E-state index is -0.899. The Morgan fingerprint density at radius 2 is 1.91 bits per heavy atom. The molecule has 3 heteroatoms. The summed E-state index contributed by atoms with van der Waals surface area (Å²) < 4.78 is 0. The first kappa shape index (κ1) is 8.53. The number of carbonyl (C=O) groups excluding carboxylic acids is 1. The van der Waals surface area contributed by atoms with E-state index < -0.39 is 5.72 Å². The van der Waals surface area contributed by atoms with Gasteiger partial charge in [-0.1, -0.05) is 6.42 Å². The number of carbonyl (C=O) groups is 1. The highest BCUT2D eigenvalue weighted by molar-refractivity contribution is 5.73. The molecule has 0 bridgehead atoms. The second-order valence-electron chi connectivity index (χ2n) is 3.27. The number of rotatable bonds is 1. The van der Waals surface area contributed by atoms with Gasteiger partial charge in [-0.2, -0.15) is 0 Å². The lowest BCUT2D eigenvalue weighted by Gasteiger charge is -2.32. The number of amides is 1. The normalized spacial score (nSPS) is 22.7. The van der Waals surface area contributed by atoms with Crippen LogP contribution in [0, 0.1) is 0 Å². The largest absolute Gasteiger partial charge is 0.371 e. The van der Waals surface area contributed by atoms with Crippen molar-refractivity contribution in [2.75, 3.05) is 0 Å². The van der Waals surface area contributed by atoms with Crippen LogP contribution in [0.4, 0.5) is 0 Å². The van der Waals surface area contributed by atoms with Crippen LogP contribution in [0.2, 0.25) is 0 Å². The summed E-state index contributed by atoms with van der Waals surface area (Å²) in [6, 6.07) is 0. The maximum Gasteiger partial charge on any atom is 0.219 e. The van der Waals surface area contributed by atoms with Gasteiger partial charge in [-0.15, -0.1) is 0 Å². The zero-order chi connectivity index (χ0) is 8.32. The zero-order valence-electron chi connectivity index (χ0n) is 6.89. The zero-order valence-corrected chi connectivity index (χ0v) is 6.89. The van der Waals surface area contributed by atoms with Gasteiger partial charge in [-0.25, -0.2) is 0 Å². The van der Waals surface area contributed by atoms with E-state index in [-0.39, 0.29) is 5.91 Å². The van der Waals surface area contributed by atoms with E-state index in [1.807, 2.05) is 0 Å². The summed E-state index contributed by atoms with van der Waals surface area (Å²) in [5, 5.41) is 12.3. The molecule has 0 atom stereocenters. The molecule has 64 valence electrons. The molecular weight excluding hydrogens is 142 g/mol. The average Bonchev–Trinajstić information content (AvgIpc) is 1.85. The minimum Gasteiger partial charge on any atom is -0.371 e. The SMILES string of the molecule is CC(=O)NC1(O)CCCCC1. The average molecular weight is 157 g/mol. The van der Waals surface area contributed by atoms with Crippen molar-refractivity contribution in [1.29, 1.82) is 0 Å². The van der Waals surface area contributed by atoms with Gasteiger partial charge in [0.25, 0.3) is 0 Å². The van der Waals surface area contributed by atoms with Gasteiger partial charge < -0.3 is 10.4 Å². The van der Waals surface area contributed by atoms with E-state index in [1.165, 1.54) is 13.3 Å². The number of hydrogen-bond acceptors (Lipinski definition) is 2. The lowest BCUT2D eigenvalue weighted by atomic mass is 9.92. The molecule has 3 nitrogen and oxygen atoms in total. The van der Waals surface area contributed by atoms with Gasteiger partial charge in [0.1, 0.15) is 5.72 Å². The van der Waals surface area contributed by atoms with Crippen LogP contribution in [0.5, 0.6) is 0 Å². The van der Waals surface area contributed by atoms with Crippen molar-refractivity contribution >= 4 is 5.91 Å². The predicted octanol–water partition coefficient (Wildman–Crippen LogP) is 0.775. The van der Waals surface area contributed by atoms with Crippen molar-refractivity contribution < 1.29 is 9.90 Å². The molecule has 0 unspecified atom stereocenters. The summed E-state index contributed by atoms with van der Waals surface area (Å²) in [6.45, 7) is 1.44. The van der Waals surface area contributed by atoms with Crippen molar-refractivity contribution in [2.24, 2.45) is 0 Å². The first-order valence-electron chi connectivity index (χ1n) is 4.13. The Balaban J connectivity index is 2.43. The monoisotopic (exact) mass is 157 g/mol. The second kappa shape index (κ2) is 3.22. The molecule has 1 fully saturated rings. The molecule has 1 aliphatic rings. The van der Waals surface area contributed by atoms with Gasteiger partial charge in [-0.05, 0) is 25.7 Å². The third-order valence-electron chi connectivity index (χ3n) is 2.09. The van der Waals surface area contributed by atoms with Crippen molar-refractivity contribution in [1.82, 2.24) is 5.32 Å². The summed E-state index contributed by atoms with van der Waals surface area (Å²) in [5.74, 6) is -0.144. The third kappa shape index (κ3) is 2.50. The first-order valence-corrected chi connectivity index (χ1v) is 4.13. The van der Waals surface area contributed by atoms with Gasteiger partial charge in [0.2, 0.25) is 5.91 Å². The summed E-state index contributed by atoms with van der Waals surface area (Å²) >= 11 is 0. The molecule has 11 heavy (non-hydrogen) atoms. The summed E-state index contributed by atoms with van der Waals surface area (Å²) in [7, 11) is 0. The molecule has 0 radical (unpaired) electrons. The molecular formula is C8H15NO2. The smallest absolute Gasteiger partial charge is 0.219 e. The van der Waals surface area contributed by atoms with E-state index in [0.717, 1.165) is 12.8 Å². The van der Waals surface area contributed by atoms with E-state index in [9.17, 15) is 9.90 Å². The maximum atomic E-state index is 10.6. The van der Waals surface area contributed by atoms with Gasteiger partial charge >= 0.3 is 0 Å². The lowest BCUT2D eigenvalue weighted by molar-refractivity contribution is -0.128. The Bertz CT molecular complexity index is 150. The molecule has 0 aliphatic heterocycles. The molecule has 0 aromatic rings. The lowest BCUT2D eigenvalue weighted by Crippen LogP contribution is -2.48. The van der Waals surface area contributed by atoms with Crippen LogP contribution in [0.25, 0.3) is 0 Å². The van der Waals surface area contributed by atoms with Crippen LogP contribution in [0.3, 0.4) is 0 Å². The van der Waals surface area contributed by atoms with Gasteiger partial charge in [0, 0.05) is 6.92 Å². The number of hydrogen-bond donors (Lipinski definition) is 2. The van der Waals surface area contributed by atoms with Crippen molar-refractivity contribution in [2.45, 2.75) is 44.8 Å². The number of nitrogens with one attached hydrogen (secondary N) is 1. The fourth-order valence-electron chi connectivity index (χ4n) is 1.59. The Morgan fingerprint density at radius 1 is 1.36 bits per heavy atom. The van der Waals surface area contributed by atoms with Crippen LogP contribution in [-0.4, -0.2) is 16.7 Å². The Kier molecular flexibility index (Phi) is 2.49. The first-order chi connectivity index (χ1) is 5.12. The predicted molar refractivity (Wildman–Crippen MR) is 41.9 cm³/mol. The van der Waals surface area contributed by atoms with Crippen LogP contribution >= 0.6 is 0 Å². The topological polar surface area (TPSA) is 49.3 Å². The Labute approximate surface area is 66.8 Å². The molecule has 0 aromatic carbocycles. The van der Waals surface area contributed by atoms with Crippen molar-refractivity contribution in [3.63, 3.8) is 0 Å². The van der Waals surface area contributed by atoms with E-state index in [4.69, 9.17) is 0 Å². The second-order valence-corrected chi connectivity index (χ2v) is 3.27. The Hall–Kier alpha value is -0.570. The minimum absolute atomic E-state index is 0.144. The van der Waals surface area contributed by atoms with Crippen LogP contribution < -0.4 is 5.32 Å². The fraction of sp³-hybridized carbons (Fsp3) is 0.875. The molecule has 1 saturated carbocycles. The fourth-order valence-corrected chi connectivity index (χ4v) is 1.59. The summed E-state index contributed by atoms with van der Waals surface area (Å²) in [4.78, 5) is 10.6. The van der Waals surface area contributed by atoms with E-state index in [0.29, 0.717) is 12.8 Å². The van der Waals surface area contributed by atoms with Crippen LogP contribution in [-0.2, 0) is 4.79 Å². The van der Waals surface area contributed by atoms with Crippen LogP contribution in [0.15, 0.2) is 0 Å². The van der Waals surface area contributed by atoms with Gasteiger partial charge in [0.05, 0.1) is 0 Å². The van der Waals surface area contributed by atoms with Gasteiger partial charge in [0.15, 0.2) is 0 Å². The van der Waals surface area contributed by atoms with Crippen molar-refractivity contribution in [3.8, 4) is 0 Å². The highest BCUT2D eigenvalue weighted by atomic mass is 16.3. The summed E-state index contributed by atoms with van der Waals surface area (Å²) in [5.41, 5.74) is -0.899. The van der Waals surface area contributed by atoms with Crippen molar-refractivity contribution in [3.05, 3.63) is 0 Å². The van der Waals surface area contributed by atoms with E-state index in [1.54, 1.807) is 0 Å². The Morgan fingerprint density at radius 3 is 2.36 bits per heavy atom. The van der Waals surface area contributed by atoms with Crippen LogP contribution in [0.1, 0.15) is 39.0 Å². The third-order valence-corrected chi connectivity index (χ3v) is 2.09. The summed E-state index contributed by atoms with van der Waals surface area (Å²) in [6.07, 6.45) is 4.59.